The highest BCUT2D eigenvalue weighted by atomic mass is 16.4. The maximum absolute atomic E-state index is 9.00. The molecular weight excluding hydrogens is 392 g/mol. The molecule has 0 aromatic rings. The third-order valence-electron chi connectivity index (χ3n) is 0. The van der Waals surface area contributed by atoms with Crippen LogP contribution in [0.15, 0.2) is 0 Å². The fourth-order valence-corrected chi connectivity index (χ4v) is 0. The van der Waals surface area contributed by atoms with Gasteiger partial charge in [-0.05, 0) is 0 Å². The predicted octanol–water partition coefficient (Wildman–Crippen LogP) is 0.636. The molecular formula is C14H28O14. The lowest BCUT2D eigenvalue weighted by atomic mass is 10.9. The molecule has 0 amide bonds. The molecule has 14 nitrogen and oxygen atoms in total. The number of carboxylic acids is 7. The van der Waals surface area contributed by atoms with Crippen LogP contribution in [0.3, 0.4) is 0 Å². The van der Waals surface area contributed by atoms with Gasteiger partial charge in [-0.1, -0.05) is 0 Å². The van der Waals surface area contributed by atoms with E-state index in [2.05, 4.69) is 0 Å². The summed E-state index contributed by atoms with van der Waals surface area (Å²) in [5, 5.41) is 51.9. The van der Waals surface area contributed by atoms with E-state index in [9.17, 15) is 0 Å². The zero-order chi connectivity index (χ0) is 25.0. The molecule has 0 aliphatic carbocycles. The standard InChI is InChI=1S/7C2H4O2/c7*1-2(3)4/h7*1H3,(H,3,4). The van der Waals surface area contributed by atoms with Crippen molar-refractivity contribution < 1.29 is 69.3 Å². The third-order valence-corrected chi connectivity index (χ3v) is 0. The molecule has 28 heavy (non-hydrogen) atoms. The second kappa shape index (κ2) is 38.7. The van der Waals surface area contributed by atoms with E-state index in [1.807, 2.05) is 0 Å². The zero-order valence-electron chi connectivity index (χ0n) is 16.5. The molecule has 0 saturated carbocycles. The Morgan fingerprint density at radius 3 is 0.286 bits per heavy atom. The highest BCUT2D eigenvalue weighted by molar-refractivity contribution is 5.64. The van der Waals surface area contributed by atoms with Crippen LogP contribution in [0.1, 0.15) is 48.5 Å². The van der Waals surface area contributed by atoms with Crippen LogP contribution in [-0.4, -0.2) is 77.5 Å². The van der Waals surface area contributed by atoms with Crippen LogP contribution in [0, 0.1) is 0 Å². The highest BCUT2D eigenvalue weighted by Gasteiger charge is 1.67. The van der Waals surface area contributed by atoms with Gasteiger partial charge in [0, 0.05) is 48.5 Å². The molecule has 0 rings (SSSR count). The zero-order valence-corrected chi connectivity index (χ0v) is 16.5. The predicted molar refractivity (Wildman–Crippen MR) is 93.2 cm³/mol. The summed E-state index contributed by atoms with van der Waals surface area (Å²) in [5.41, 5.74) is 0. The van der Waals surface area contributed by atoms with E-state index in [1.165, 1.54) is 0 Å². The molecule has 7 N–H and O–H groups in total. The fourth-order valence-electron chi connectivity index (χ4n) is 0. The van der Waals surface area contributed by atoms with Crippen molar-refractivity contribution in [2.45, 2.75) is 48.5 Å². The summed E-state index contributed by atoms with van der Waals surface area (Å²) < 4.78 is 0. The second-order valence-electron chi connectivity index (χ2n) is 3.63. The summed E-state index contributed by atoms with van der Waals surface area (Å²) in [6.45, 7) is 7.58. The van der Waals surface area contributed by atoms with Gasteiger partial charge in [0.15, 0.2) is 0 Å². The first-order valence-electron chi connectivity index (χ1n) is 6.49. The Labute approximate surface area is 160 Å². The van der Waals surface area contributed by atoms with Crippen LogP contribution in [-0.2, 0) is 33.6 Å². The van der Waals surface area contributed by atoms with Gasteiger partial charge in [-0.3, -0.25) is 33.6 Å². The van der Waals surface area contributed by atoms with Crippen molar-refractivity contribution in [1.82, 2.24) is 0 Å². The molecule has 0 saturated heterocycles. The Hall–Kier alpha value is -3.71. The lowest BCUT2D eigenvalue weighted by Gasteiger charge is -1.59. The number of rotatable bonds is 0. The highest BCUT2D eigenvalue weighted by Crippen LogP contribution is 1.44. The van der Waals surface area contributed by atoms with Gasteiger partial charge in [-0.2, -0.15) is 0 Å². The summed E-state index contributed by atoms with van der Waals surface area (Å²) in [6.07, 6.45) is 0. The minimum Gasteiger partial charge on any atom is -0.481 e. The first-order valence-corrected chi connectivity index (χ1v) is 6.49. The van der Waals surface area contributed by atoms with Crippen molar-refractivity contribution >= 4 is 41.8 Å². The molecule has 0 bridgehead atoms. The molecule has 0 aromatic carbocycles. The van der Waals surface area contributed by atoms with E-state index in [0.717, 1.165) is 48.5 Å². The molecule has 0 fully saturated rings. The van der Waals surface area contributed by atoms with Crippen LogP contribution < -0.4 is 0 Å². The van der Waals surface area contributed by atoms with Crippen molar-refractivity contribution in [1.29, 1.82) is 0 Å². The van der Waals surface area contributed by atoms with E-state index in [-0.39, 0.29) is 0 Å². The largest absolute Gasteiger partial charge is 0.481 e. The Morgan fingerprint density at radius 2 is 0.286 bits per heavy atom. The van der Waals surface area contributed by atoms with Crippen LogP contribution in [0.4, 0.5) is 0 Å². The van der Waals surface area contributed by atoms with Crippen LogP contribution >= 0.6 is 0 Å². The second-order valence-corrected chi connectivity index (χ2v) is 3.63. The molecule has 0 unspecified atom stereocenters. The van der Waals surface area contributed by atoms with Gasteiger partial charge >= 0.3 is 0 Å². The molecule has 0 radical (unpaired) electrons. The number of carbonyl (C=O) groups is 7. The summed E-state index contributed by atoms with van der Waals surface area (Å²) in [7, 11) is 0. The van der Waals surface area contributed by atoms with Gasteiger partial charge in [0.1, 0.15) is 0 Å². The van der Waals surface area contributed by atoms with Gasteiger partial charge in [0.25, 0.3) is 41.8 Å². The molecule has 0 aliphatic rings. The summed E-state index contributed by atoms with van der Waals surface area (Å²) in [4.78, 5) is 63.0. The average molecular weight is 420 g/mol. The number of hydrogen-bond acceptors (Lipinski definition) is 7. The quantitative estimate of drug-likeness (QED) is 0.283. The van der Waals surface area contributed by atoms with Crippen molar-refractivity contribution in [3.8, 4) is 0 Å². The van der Waals surface area contributed by atoms with E-state index in [4.69, 9.17) is 69.3 Å². The lowest BCUT2D eigenvalue weighted by molar-refractivity contribution is -0.135. The van der Waals surface area contributed by atoms with Crippen molar-refractivity contribution in [2.75, 3.05) is 0 Å². The smallest absolute Gasteiger partial charge is 0.300 e. The normalized spacial score (nSPS) is 6.25. The SMILES string of the molecule is CC(=O)O.CC(=O)O.CC(=O)O.CC(=O)O.CC(=O)O.CC(=O)O.CC(=O)O. The molecule has 168 valence electrons. The molecule has 0 heterocycles. The summed E-state index contributed by atoms with van der Waals surface area (Å²) >= 11 is 0. The van der Waals surface area contributed by atoms with Crippen LogP contribution in [0.25, 0.3) is 0 Å². The molecule has 0 aliphatic heterocycles. The topological polar surface area (TPSA) is 261 Å². The minimum atomic E-state index is -0.833. The Kier molecular flexibility index (Phi) is 60.9. The van der Waals surface area contributed by atoms with Crippen molar-refractivity contribution in [3.63, 3.8) is 0 Å². The van der Waals surface area contributed by atoms with E-state index in [0.29, 0.717) is 0 Å². The summed E-state index contributed by atoms with van der Waals surface area (Å²) in [6, 6.07) is 0. The Balaban J connectivity index is -0.0000000367. The Bertz CT molecular complexity index is 307. The molecule has 14 heteroatoms. The lowest BCUT2D eigenvalue weighted by Crippen LogP contribution is -1.78. The monoisotopic (exact) mass is 420 g/mol. The minimum absolute atomic E-state index is 0.833. The van der Waals surface area contributed by atoms with Gasteiger partial charge in [0.2, 0.25) is 0 Å². The maximum atomic E-state index is 9.00. The fraction of sp³-hybridized carbons (Fsp3) is 0.500. The van der Waals surface area contributed by atoms with Crippen molar-refractivity contribution in [2.24, 2.45) is 0 Å². The first kappa shape index (κ1) is 44.1. The van der Waals surface area contributed by atoms with E-state index in [1.54, 1.807) is 0 Å². The summed E-state index contributed by atoms with van der Waals surface area (Å²) in [5.74, 6) is -5.83. The molecule has 0 aromatic heterocycles. The average Bonchev–Trinajstić information content (AvgIpc) is 2.20. The number of carboxylic acid groups (broad SMARTS) is 7. The first-order chi connectivity index (χ1) is 12.1. The maximum Gasteiger partial charge on any atom is 0.300 e. The van der Waals surface area contributed by atoms with Gasteiger partial charge in [-0.25, -0.2) is 0 Å². The van der Waals surface area contributed by atoms with Crippen LogP contribution in [0.2, 0.25) is 0 Å². The number of hydrogen-bond donors (Lipinski definition) is 7. The van der Waals surface area contributed by atoms with Gasteiger partial charge in [-0.15, -0.1) is 0 Å². The Morgan fingerprint density at radius 1 is 0.286 bits per heavy atom. The van der Waals surface area contributed by atoms with E-state index >= 15 is 0 Å². The van der Waals surface area contributed by atoms with Crippen molar-refractivity contribution in [3.05, 3.63) is 0 Å². The van der Waals surface area contributed by atoms with Gasteiger partial charge in [0.05, 0.1) is 0 Å². The van der Waals surface area contributed by atoms with Crippen LogP contribution in [0.5, 0.6) is 0 Å². The number of aliphatic carboxylic acids is 7. The van der Waals surface area contributed by atoms with E-state index < -0.39 is 41.8 Å². The molecule has 0 spiro atoms. The molecule has 0 atom stereocenters. The third kappa shape index (κ3) is 734. The van der Waals surface area contributed by atoms with Gasteiger partial charge < -0.3 is 35.7 Å².